The molecule has 2 aromatic carbocycles. The maximum atomic E-state index is 13.2. The summed E-state index contributed by atoms with van der Waals surface area (Å²) in [5, 5.41) is 0. The highest BCUT2D eigenvalue weighted by molar-refractivity contribution is 5.69. The number of piperidine rings is 1. The van der Waals surface area contributed by atoms with Crippen molar-refractivity contribution in [2.45, 2.75) is 83.4 Å². The fourth-order valence-electron chi connectivity index (χ4n) is 4.83. The third-order valence-corrected chi connectivity index (χ3v) is 6.85. The molecule has 0 N–H and O–H groups in total. The zero-order valence-corrected chi connectivity index (χ0v) is 21.2. The molecule has 0 unspecified atom stereocenters. The summed E-state index contributed by atoms with van der Waals surface area (Å²) >= 11 is 0. The van der Waals surface area contributed by atoms with Crippen LogP contribution in [0.3, 0.4) is 0 Å². The first-order valence-electron chi connectivity index (χ1n) is 12.6. The predicted molar refractivity (Wildman–Crippen MR) is 129 cm³/mol. The number of carbonyl (C=O) groups is 1. The molecule has 0 spiro atoms. The van der Waals surface area contributed by atoms with E-state index in [-0.39, 0.29) is 24.5 Å². The van der Waals surface area contributed by atoms with Crippen LogP contribution < -0.4 is 0 Å². The summed E-state index contributed by atoms with van der Waals surface area (Å²) in [5.74, 6) is 0.00762. The highest BCUT2D eigenvalue weighted by Crippen LogP contribution is 2.42. The lowest BCUT2D eigenvalue weighted by Gasteiger charge is -2.44. The lowest BCUT2D eigenvalue weighted by molar-refractivity contribution is -0.152. The van der Waals surface area contributed by atoms with Gasteiger partial charge in [0.1, 0.15) is 6.10 Å². The Balaban J connectivity index is 1.99. The van der Waals surface area contributed by atoms with Crippen LogP contribution in [0.5, 0.6) is 0 Å². The number of rotatable bonds is 8. The van der Waals surface area contributed by atoms with Crippen molar-refractivity contribution in [3.05, 3.63) is 70.8 Å². The molecule has 3 rings (SSSR count). The van der Waals surface area contributed by atoms with E-state index in [4.69, 9.17) is 4.74 Å². The molecule has 1 fully saturated rings. The molecule has 204 valence electrons. The number of nitrogens with zero attached hydrogens (tertiary/aromatic N) is 1. The largest absolute Gasteiger partial charge is 0.462 e. The zero-order chi connectivity index (χ0) is 27.4. The van der Waals surface area contributed by atoms with E-state index < -0.39 is 29.6 Å². The van der Waals surface area contributed by atoms with Gasteiger partial charge in [0.05, 0.1) is 11.1 Å². The highest BCUT2D eigenvalue weighted by atomic mass is 19.4. The van der Waals surface area contributed by atoms with E-state index in [1.54, 1.807) is 6.92 Å². The van der Waals surface area contributed by atoms with Crippen molar-refractivity contribution in [3.8, 4) is 0 Å². The topological polar surface area (TPSA) is 29.5 Å². The van der Waals surface area contributed by atoms with Crippen LogP contribution >= 0.6 is 0 Å². The maximum absolute atomic E-state index is 13.2. The lowest BCUT2D eigenvalue weighted by Crippen LogP contribution is -2.42. The Bertz CT molecular complexity index is 1010. The molecule has 9 heteroatoms. The smallest absolute Gasteiger partial charge is 0.416 e. The molecule has 1 saturated heterocycles. The van der Waals surface area contributed by atoms with Crippen molar-refractivity contribution in [3.63, 3.8) is 0 Å². The van der Waals surface area contributed by atoms with Gasteiger partial charge in [0.25, 0.3) is 0 Å². The average molecular weight is 530 g/mol. The van der Waals surface area contributed by atoms with Gasteiger partial charge in [-0.1, -0.05) is 45.0 Å². The fourth-order valence-corrected chi connectivity index (χ4v) is 4.83. The third-order valence-electron chi connectivity index (χ3n) is 6.85. The van der Waals surface area contributed by atoms with Crippen LogP contribution in [-0.4, -0.2) is 23.5 Å². The molecule has 2 aromatic rings. The molecule has 0 radical (unpaired) electrons. The number of esters is 1. The van der Waals surface area contributed by atoms with Crippen molar-refractivity contribution < 1.29 is 35.9 Å². The number of likely N-dealkylation sites (tertiary alicyclic amines) is 1. The number of hydrogen-bond acceptors (Lipinski definition) is 3. The first-order chi connectivity index (χ1) is 17.3. The summed E-state index contributed by atoms with van der Waals surface area (Å²) in [7, 11) is 0. The summed E-state index contributed by atoms with van der Waals surface area (Å²) in [5.41, 5.74) is -0.128. The van der Waals surface area contributed by atoms with E-state index in [2.05, 4.69) is 18.7 Å². The summed E-state index contributed by atoms with van der Waals surface area (Å²) < 4.78 is 84.6. The second kappa shape index (κ2) is 11.9. The van der Waals surface area contributed by atoms with E-state index in [9.17, 15) is 31.1 Å². The summed E-state index contributed by atoms with van der Waals surface area (Å²) in [6.45, 7) is 6.30. The van der Waals surface area contributed by atoms with Gasteiger partial charge in [0.15, 0.2) is 0 Å². The molecule has 0 aliphatic carbocycles. The Morgan fingerprint density at radius 1 is 0.919 bits per heavy atom. The molecule has 0 saturated carbocycles. The molecular formula is C28H33F6NO2. The van der Waals surface area contributed by atoms with Crippen LogP contribution in [-0.2, 0) is 21.9 Å². The molecule has 1 aliphatic heterocycles. The molecule has 3 nitrogen and oxygen atoms in total. The highest BCUT2D eigenvalue weighted by Gasteiger charge is 2.37. The van der Waals surface area contributed by atoms with Gasteiger partial charge < -0.3 is 4.74 Å². The van der Waals surface area contributed by atoms with Crippen LogP contribution in [0.25, 0.3) is 0 Å². The maximum Gasteiger partial charge on any atom is 0.416 e. The van der Waals surface area contributed by atoms with Crippen molar-refractivity contribution in [2.75, 3.05) is 6.54 Å². The van der Waals surface area contributed by atoms with Crippen LogP contribution in [0.2, 0.25) is 0 Å². The second-order valence-corrected chi connectivity index (χ2v) is 9.97. The number of carbonyl (C=O) groups excluding carboxylic acids is 1. The SMILES string of the molecule is CCC(=O)O[C@@H]1CCN([C@H](CCC(C)C)c2ccc(C(F)(F)F)cc2)[C@H](c2ccc(C(F)(F)F)cc2)C1. The number of halogens is 6. The monoisotopic (exact) mass is 529 g/mol. The Kier molecular flexibility index (Phi) is 9.32. The Hall–Kier alpha value is -2.55. The second-order valence-electron chi connectivity index (χ2n) is 9.97. The molecule has 1 aliphatic rings. The quantitative estimate of drug-likeness (QED) is 0.254. The van der Waals surface area contributed by atoms with E-state index in [0.717, 1.165) is 36.2 Å². The summed E-state index contributed by atoms with van der Waals surface area (Å²) in [4.78, 5) is 14.1. The molecule has 37 heavy (non-hydrogen) atoms. The van der Waals surface area contributed by atoms with Gasteiger partial charge >= 0.3 is 18.3 Å². The van der Waals surface area contributed by atoms with Crippen molar-refractivity contribution in [1.29, 1.82) is 0 Å². The normalized spacial score (nSPS) is 20.2. The minimum Gasteiger partial charge on any atom is -0.462 e. The Labute approximate surface area is 213 Å². The van der Waals surface area contributed by atoms with Gasteiger partial charge in [0, 0.05) is 31.5 Å². The van der Waals surface area contributed by atoms with Crippen LogP contribution in [0.4, 0.5) is 26.3 Å². The van der Waals surface area contributed by atoms with Gasteiger partial charge in [-0.05, 0) is 60.6 Å². The average Bonchev–Trinajstić information content (AvgIpc) is 2.84. The van der Waals surface area contributed by atoms with Gasteiger partial charge in [-0.2, -0.15) is 26.3 Å². The molecule has 0 amide bonds. The third kappa shape index (κ3) is 7.72. The number of hydrogen-bond donors (Lipinski definition) is 0. The number of alkyl halides is 6. The van der Waals surface area contributed by atoms with E-state index in [0.29, 0.717) is 37.3 Å². The minimum absolute atomic E-state index is 0.216. The van der Waals surface area contributed by atoms with Gasteiger partial charge in [-0.3, -0.25) is 9.69 Å². The van der Waals surface area contributed by atoms with Crippen molar-refractivity contribution in [2.24, 2.45) is 5.92 Å². The minimum atomic E-state index is -4.47. The van der Waals surface area contributed by atoms with Crippen LogP contribution in [0, 0.1) is 5.92 Å². The van der Waals surface area contributed by atoms with Crippen molar-refractivity contribution >= 4 is 5.97 Å². The van der Waals surface area contributed by atoms with Crippen LogP contribution in [0.15, 0.2) is 48.5 Å². The molecule has 1 heterocycles. The molecular weight excluding hydrogens is 496 g/mol. The summed E-state index contributed by atoms with van der Waals surface area (Å²) in [6.07, 6.45) is -6.70. The molecule has 3 atom stereocenters. The summed E-state index contributed by atoms with van der Waals surface area (Å²) in [6, 6.07) is 9.45. The van der Waals surface area contributed by atoms with E-state index in [1.807, 2.05) is 0 Å². The van der Waals surface area contributed by atoms with Gasteiger partial charge in [-0.15, -0.1) is 0 Å². The van der Waals surface area contributed by atoms with Gasteiger partial charge in [-0.25, -0.2) is 0 Å². The predicted octanol–water partition coefficient (Wildman–Crippen LogP) is 8.36. The Morgan fingerprint density at radius 3 is 1.95 bits per heavy atom. The van der Waals surface area contributed by atoms with Gasteiger partial charge in [0.2, 0.25) is 0 Å². The molecule has 0 aromatic heterocycles. The van der Waals surface area contributed by atoms with Crippen LogP contribution in [0.1, 0.15) is 87.2 Å². The molecule has 0 bridgehead atoms. The Morgan fingerprint density at radius 2 is 1.46 bits per heavy atom. The zero-order valence-electron chi connectivity index (χ0n) is 21.2. The van der Waals surface area contributed by atoms with Crippen molar-refractivity contribution in [1.82, 2.24) is 4.90 Å². The number of ether oxygens (including phenoxy) is 1. The standard InChI is InChI=1S/C28H33F6NO2/c1-4-26(36)37-23-15-16-35(25(17-23)20-8-12-22(13-9-20)28(32,33)34)24(14-5-18(2)3)19-6-10-21(11-7-19)27(29,30)31/h6-13,18,23-25H,4-5,14-17H2,1-3H3/t23-,24-,25+/m1/s1. The lowest BCUT2D eigenvalue weighted by atomic mass is 9.87. The first kappa shape index (κ1) is 29.0. The fraction of sp³-hybridized carbons (Fsp3) is 0.536. The van der Waals surface area contributed by atoms with E-state index >= 15 is 0 Å². The van der Waals surface area contributed by atoms with E-state index in [1.165, 1.54) is 24.3 Å². The number of benzene rings is 2. The first-order valence-corrected chi connectivity index (χ1v) is 12.6.